The summed E-state index contributed by atoms with van der Waals surface area (Å²) in [6.07, 6.45) is 2.60. The molecule has 3 amide bonds. The number of ether oxygens (including phenoxy) is 1. The van der Waals surface area contributed by atoms with Gasteiger partial charge in [-0.25, -0.2) is 9.59 Å². The molecule has 1 aromatic heterocycles. The van der Waals surface area contributed by atoms with Gasteiger partial charge in [0.15, 0.2) is 0 Å². The number of rotatable bonds is 11. The topological polar surface area (TPSA) is 188 Å². The van der Waals surface area contributed by atoms with Crippen molar-refractivity contribution in [2.24, 2.45) is 11.8 Å². The van der Waals surface area contributed by atoms with Crippen LogP contribution in [0.2, 0.25) is 0 Å². The minimum absolute atomic E-state index is 0.186. The quantitative estimate of drug-likeness (QED) is 0.135. The number of nitrogens with zero attached hydrogens (tertiary/aromatic N) is 3. The van der Waals surface area contributed by atoms with Gasteiger partial charge in [0.1, 0.15) is 11.6 Å². The molecule has 0 saturated heterocycles. The number of anilines is 1. The Hall–Kier alpha value is -5.59. The number of aromatic amines is 1. The summed E-state index contributed by atoms with van der Waals surface area (Å²) in [6, 6.07) is 18.8. The van der Waals surface area contributed by atoms with E-state index in [-0.39, 0.29) is 35.6 Å². The lowest BCUT2D eigenvalue weighted by Gasteiger charge is -2.29. The number of alkyl carbamates (subject to hydrolysis) is 1. The van der Waals surface area contributed by atoms with Crippen LogP contribution in [-0.4, -0.2) is 67.8 Å². The highest BCUT2D eigenvalue weighted by molar-refractivity contribution is 5.98. The average molecular weight is 682 g/mol. The van der Waals surface area contributed by atoms with E-state index < -0.39 is 23.7 Å². The number of amides is 3. The highest BCUT2D eigenvalue weighted by Gasteiger charge is 2.30. The van der Waals surface area contributed by atoms with Crippen molar-refractivity contribution in [2.75, 3.05) is 11.9 Å². The normalized spacial score (nSPS) is 16.6. The highest BCUT2D eigenvalue weighted by atomic mass is 16.6. The fourth-order valence-electron chi connectivity index (χ4n) is 6.03. The van der Waals surface area contributed by atoms with E-state index in [2.05, 4.69) is 36.6 Å². The maximum absolute atomic E-state index is 13.7. The van der Waals surface area contributed by atoms with Gasteiger partial charge in [0.05, 0.1) is 5.56 Å². The second-order valence-corrected chi connectivity index (χ2v) is 13.8. The Kier molecular flexibility index (Phi) is 11.2. The van der Waals surface area contributed by atoms with Crippen LogP contribution < -0.4 is 16.0 Å². The smallest absolute Gasteiger partial charge is 0.407 e. The minimum Gasteiger partial charge on any atom is -0.478 e. The lowest BCUT2D eigenvalue weighted by atomic mass is 9.81. The van der Waals surface area contributed by atoms with Crippen molar-refractivity contribution in [1.82, 2.24) is 31.3 Å². The van der Waals surface area contributed by atoms with Crippen molar-refractivity contribution in [1.29, 1.82) is 0 Å². The largest absolute Gasteiger partial charge is 0.478 e. The van der Waals surface area contributed by atoms with Crippen molar-refractivity contribution in [3.05, 3.63) is 83.4 Å². The lowest BCUT2D eigenvalue weighted by molar-refractivity contribution is -0.130. The predicted octanol–water partition coefficient (Wildman–Crippen LogP) is 5.54. The van der Waals surface area contributed by atoms with Crippen molar-refractivity contribution in [3.63, 3.8) is 0 Å². The van der Waals surface area contributed by atoms with Crippen LogP contribution in [0.5, 0.6) is 0 Å². The molecule has 1 saturated carbocycles. The molecule has 1 unspecified atom stereocenters. The minimum atomic E-state index is -0.994. The number of aryl methyl sites for hydroxylation is 1. The molecule has 1 aliphatic rings. The van der Waals surface area contributed by atoms with Crippen LogP contribution in [0.25, 0.3) is 22.5 Å². The zero-order valence-corrected chi connectivity index (χ0v) is 28.7. The molecule has 1 aliphatic carbocycles. The number of hydrogen-bond acceptors (Lipinski definition) is 8. The van der Waals surface area contributed by atoms with E-state index in [0.29, 0.717) is 30.9 Å². The van der Waals surface area contributed by atoms with Gasteiger partial charge in [-0.15, -0.1) is 10.2 Å². The summed E-state index contributed by atoms with van der Waals surface area (Å²) in [5.74, 6) is -1.14. The van der Waals surface area contributed by atoms with E-state index in [9.17, 15) is 24.3 Å². The monoisotopic (exact) mass is 681 g/mol. The molecule has 5 N–H and O–H groups in total. The predicted molar refractivity (Wildman–Crippen MR) is 187 cm³/mol. The Morgan fingerprint density at radius 1 is 0.920 bits per heavy atom. The highest BCUT2D eigenvalue weighted by Crippen LogP contribution is 2.29. The maximum Gasteiger partial charge on any atom is 0.407 e. The van der Waals surface area contributed by atoms with Gasteiger partial charge in [0.2, 0.25) is 17.6 Å². The number of hydrogen-bond donors (Lipinski definition) is 5. The zero-order chi connectivity index (χ0) is 35.8. The second-order valence-electron chi connectivity index (χ2n) is 13.8. The fourth-order valence-corrected chi connectivity index (χ4v) is 6.03. The summed E-state index contributed by atoms with van der Waals surface area (Å²) in [6.45, 7) is 7.78. The Morgan fingerprint density at radius 2 is 1.60 bits per heavy atom. The summed E-state index contributed by atoms with van der Waals surface area (Å²) in [4.78, 5) is 50.9. The Morgan fingerprint density at radius 3 is 2.22 bits per heavy atom. The molecule has 5 rings (SSSR count). The third kappa shape index (κ3) is 9.97. The summed E-state index contributed by atoms with van der Waals surface area (Å²) >= 11 is 0. The number of aromatic nitrogens is 4. The number of carboxylic acid groups (broad SMARTS) is 1. The van der Waals surface area contributed by atoms with E-state index in [0.717, 1.165) is 40.7 Å². The molecule has 0 aliphatic heterocycles. The molecule has 3 aromatic carbocycles. The number of aromatic carboxylic acids is 1. The van der Waals surface area contributed by atoms with Crippen molar-refractivity contribution < 1.29 is 29.0 Å². The van der Waals surface area contributed by atoms with Crippen LogP contribution in [0.15, 0.2) is 66.7 Å². The van der Waals surface area contributed by atoms with Gasteiger partial charge in [-0.3, -0.25) is 9.59 Å². The van der Waals surface area contributed by atoms with Gasteiger partial charge in [0.25, 0.3) is 0 Å². The standard InChI is InChI=1S/C37H43N7O6/c1-22-17-28(20-29(18-22)35(47)48)25-9-5-23(6-10-25)19-31(34(46)39-30-15-13-26(14-16-30)32-41-43-44-42-32)40-33(45)27-11-7-24(8-12-27)21-38-36(49)50-37(2,3)4/h5-6,9-10,13-18,20,24,27,31H,7-8,11-12,19,21H2,1-4H3,(H,38,49)(H,39,46)(H,40,45)(H,47,48)(H,41,42,43,44). The molecule has 0 radical (unpaired) electrons. The van der Waals surface area contributed by atoms with Crippen LogP contribution in [0, 0.1) is 18.8 Å². The molecule has 50 heavy (non-hydrogen) atoms. The molecular formula is C37H43N7O6. The second kappa shape index (κ2) is 15.7. The summed E-state index contributed by atoms with van der Waals surface area (Å²) in [5.41, 5.74) is 4.18. The Bertz CT molecular complexity index is 1790. The molecule has 4 aromatic rings. The van der Waals surface area contributed by atoms with Gasteiger partial charge in [-0.05, 0) is 123 Å². The summed E-state index contributed by atoms with van der Waals surface area (Å²) in [7, 11) is 0. The van der Waals surface area contributed by atoms with E-state index in [1.165, 1.54) is 0 Å². The number of benzene rings is 3. The Balaban J connectivity index is 1.25. The van der Waals surface area contributed by atoms with Crippen LogP contribution in [-0.2, 0) is 20.7 Å². The number of carbonyl (C=O) groups excluding carboxylic acids is 3. The van der Waals surface area contributed by atoms with E-state index in [1.54, 1.807) is 36.4 Å². The SMILES string of the molecule is Cc1cc(C(=O)O)cc(-c2ccc(CC(NC(=O)C3CCC(CNC(=O)OC(C)(C)C)CC3)C(=O)Nc3ccc(-c4nn[nH]n4)cc3)cc2)c1. The van der Waals surface area contributed by atoms with Gasteiger partial charge in [-0.2, -0.15) is 5.21 Å². The molecule has 262 valence electrons. The van der Waals surface area contributed by atoms with Gasteiger partial charge in [0, 0.05) is 30.1 Å². The number of carboxylic acids is 1. The molecule has 1 heterocycles. The average Bonchev–Trinajstić information content (AvgIpc) is 3.62. The molecular weight excluding hydrogens is 638 g/mol. The first-order chi connectivity index (χ1) is 23.8. The van der Waals surface area contributed by atoms with Crippen molar-refractivity contribution >= 4 is 29.6 Å². The third-order valence-corrected chi connectivity index (χ3v) is 8.59. The fraction of sp³-hybridized carbons (Fsp3) is 0.378. The van der Waals surface area contributed by atoms with Gasteiger partial charge < -0.3 is 25.8 Å². The van der Waals surface area contributed by atoms with E-state index in [4.69, 9.17) is 4.74 Å². The first kappa shape index (κ1) is 35.7. The van der Waals surface area contributed by atoms with Crippen molar-refractivity contribution in [2.45, 2.75) is 71.4 Å². The third-order valence-electron chi connectivity index (χ3n) is 8.59. The molecule has 13 nitrogen and oxygen atoms in total. The Labute approximate surface area is 290 Å². The molecule has 1 fully saturated rings. The lowest BCUT2D eigenvalue weighted by Crippen LogP contribution is -2.48. The van der Waals surface area contributed by atoms with Crippen LogP contribution in [0.3, 0.4) is 0 Å². The number of nitrogens with one attached hydrogen (secondary N) is 4. The van der Waals surface area contributed by atoms with E-state index in [1.807, 2.05) is 58.0 Å². The summed E-state index contributed by atoms with van der Waals surface area (Å²) < 4.78 is 5.33. The molecule has 13 heteroatoms. The number of tetrazole rings is 1. The first-order valence-electron chi connectivity index (χ1n) is 16.7. The zero-order valence-electron chi connectivity index (χ0n) is 28.7. The molecule has 1 atom stereocenters. The number of H-pyrrole nitrogens is 1. The summed E-state index contributed by atoms with van der Waals surface area (Å²) in [5, 5.41) is 32.2. The first-order valence-corrected chi connectivity index (χ1v) is 16.7. The van der Waals surface area contributed by atoms with E-state index >= 15 is 0 Å². The maximum atomic E-state index is 13.7. The van der Waals surface area contributed by atoms with Gasteiger partial charge >= 0.3 is 12.1 Å². The van der Waals surface area contributed by atoms with Crippen LogP contribution in [0.1, 0.15) is 67.9 Å². The van der Waals surface area contributed by atoms with Crippen LogP contribution >= 0.6 is 0 Å². The van der Waals surface area contributed by atoms with Gasteiger partial charge in [-0.1, -0.05) is 30.3 Å². The molecule has 0 spiro atoms. The van der Waals surface area contributed by atoms with Crippen molar-refractivity contribution in [3.8, 4) is 22.5 Å². The number of carbonyl (C=O) groups is 4. The molecule has 0 bridgehead atoms. The van der Waals surface area contributed by atoms with Crippen LogP contribution in [0.4, 0.5) is 10.5 Å².